The Bertz CT molecular complexity index is 1090. The number of fused-ring (bicyclic) bond motifs is 1. The predicted octanol–water partition coefficient (Wildman–Crippen LogP) is 4.17. The summed E-state index contributed by atoms with van der Waals surface area (Å²) in [5, 5.41) is 0.920. The van der Waals surface area contributed by atoms with Crippen molar-refractivity contribution in [2.24, 2.45) is 0 Å². The Balaban J connectivity index is 1.83. The van der Waals surface area contributed by atoms with Gasteiger partial charge in [-0.05, 0) is 48.4 Å². The average Bonchev–Trinajstić information content (AvgIpc) is 2.65. The van der Waals surface area contributed by atoms with Gasteiger partial charge in [-0.3, -0.25) is 9.59 Å². The minimum Gasteiger partial charge on any atom is -0.332 e. The van der Waals surface area contributed by atoms with Gasteiger partial charge in [0.15, 0.2) is 0 Å². The summed E-state index contributed by atoms with van der Waals surface area (Å²) in [4.78, 5) is 33.6. The Kier molecular flexibility index (Phi) is 6.21. The van der Waals surface area contributed by atoms with Crippen molar-refractivity contribution in [1.82, 2.24) is 14.9 Å². The summed E-state index contributed by atoms with van der Waals surface area (Å²) in [7, 11) is 0. The minimum absolute atomic E-state index is 0.151. The summed E-state index contributed by atoms with van der Waals surface area (Å²) in [5.41, 5.74) is 0.790. The second kappa shape index (κ2) is 8.80. The largest absolute Gasteiger partial charge is 0.332 e. The monoisotopic (exact) mass is 399 g/mol. The molecule has 0 saturated carbocycles. The standard InChI is InChI=1S/C21H19ClFN3O2/c1-2-10-26(20(27)9-6-14-4-3-5-16(23)11-14)13-19-24-18-12-15(22)7-8-17(18)21(28)25-19/h3-9,11-12H,2,10,13H2,1H3,(H,24,25,28)/b9-6+. The zero-order chi connectivity index (χ0) is 20.1. The third kappa shape index (κ3) is 4.84. The van der Waals surface area contributed by atoms with E-state index in [0.717, 1.165) is 6.42 Å². The second-order valence-corrected chi connectivity index (χ2v) is 6.76. The van der Waals surface area contributed by atoms with Crippen LogP contribution in [0.25, 0.3) is 17.0 Å². The van der Waals surface area contributed by atoms with Gasteiger partial charge in [0.1, 0.15) is 11.6 Å². The van der Waals surface area contributed by atoms with E-state index in [1.807, 2.05) is 6.92 Å². The summed E-state index contributed by atoms with van der Waals surface area (Å²) in [6.07, 6.45) is 3.69. The molecule has 3 rings (SSSR count). The lowest BCUT2D eigenvalue weighted by atomic mass is 10.2. The van der Waals surface area contributed by atoms with Crippen molar-refractivity contribution < 1.29 is 9.18 Å². The van der Waals surface area contributed by atoms with Gasteiger partial charge in [0.25, 0.3) is 5.56 Å². The number of nitrogens with zero attached hydrogens (tertiary/aromatic N) is 2. The summed E-state index contributed by atoms with van der Waals surface area (Å²) >= 11 is 5.99. The molecule has 0 radical (unpaired) electrons. The van der Waals surface area contributed by atoms with Crippen LogP contribution >= 0.6 is 11.6 Å². The van der Waals surface area contributed by atoms with Crippen LogP contribution in [-0.4, -0.2) is 27.3 Å². The number of rotatable bonds is 6. The Hall–Kier alpha value is -2.99. The number of carbonyl (C=O) groups excluding carboxylic acids is 1. The van der Waals surface area contributed by atoms with Crippen LogP contribution < -0.4 is 5.56 Å². The molecule has 0 aliphatic rings. The lowest BCUT2D eigenvalue weighted by Crippen LogP contribution is -2.31. The minimum atomic E-state index is -0.364. The fourth-order valence-corrected chi connectivity index (χ4v) is 3.00. The third-order valence-corrected chi connectivity index (χ3v) is 4.37. The van der Waals surface area contributed by atoms with E-state index in [0.29, 0.717) is 33.9 Å². The van der Waals surface area contributed by atoms with Crippen LogP contribution in [0.2, 0.25) is 5.02 Å². The first kappa shape index (κ1) is 19.8. The number of hydrogen-bond donors (Lipinski definition) is 1. The molecule has 2 aromatic carbocycles. The number of carbonyl (C=O) groups is 1. The Morgan fingerprint density at radius 1 is 1.29 bits per heavy atom. The molecule has 1 heterocycles. The molecule has 0 aliphatic carbocycles. The highest BCUT2D eigenvalue weighted by Crippen LogP contribution is 2.15. The smallest absolute Gasteiger partial charge is 0.258 e. The van der Waals surface area contributed by atoms with E-state index < -0.39 is 0 Å². The molecule has 1 amide bonds. The van der Waals surface area contributed by atoms with Gasteiger partial charge in [-0.15, -0.1) is 0 Å². The van der Waals surface area contributed by atoms with Crippen LogP contribution in [0.1, 0.15) is 24.7 Å². The maximum Gasteiger partial charge on any atom is 0.258 e. The normalized spacial score (nSPS) is 11.2. The number of H-pyrrole nitrogens is 1. The SMILES string of the molecule is CCCN(Cc1nc2cc(Cl)ccc2c(=O)[nH]1)C(=O)/C=C/c1cccc(F)c1. The zero-order valence-electron chi connectivity index (χ0n) is 15.3. The molecule has 3 aromatic rings. The van der Waals surface area contributed by atoms with E-state index in [-0.39, 0.29) is 23.8 Å². The fraction of sp³-hybridized carbons (Fsp3) is 0.190. The van der Waals surface area contributed by atoms with Crippen LogP contribution in [0, 0.1) is 5.82 Å². The van der Waals surface area contributed by atoms with E-state index in [4.69, 9.17) is 11.6 Å². The fourth-order valence-electron chi connectivity index (χ4n) is 2.84. The molecule has 0 atom stereocenters. The summed E-state index contributed by atoms with van der Waals surface area (Å²) in [5.74, 6) is -0.239. The van der Waals surface area contributed by atoms with Gasteiger partial charge < -0.3 is 9.88 Å². The topological polar surface area (TPSA) is 66.1 Å². The summed E-state index contributed by atoms with van der Waals surface area (Å²) in [6, 6.07) is 10.8. The third-order valence-electron chi connectivity index (χ3n) is 4.13. The first-order valence-corrected chi connectivity index (χ1v) is 9.25. The number of nitrogens with one attached hydrogen (secondary N) is 1. The number of benzene rings is 2. The van der Waals surface area contributed by atoms with Gasteiger partial charge in [-0.2, -0.15) is 0 Å². The van der Waals surface area contributed by atoms with Gasteiger partial charge in [0.05, 0.1) is 17.4 Å². The quantitative estimate of drug-likeness (QED) is 0.633. The zero-order valence-corrected chi connectivity index (χ0v) is 16.0. The summed E-state index contributed by atoms with van der Waals surface area (Å²) in [6.45, 7) is 2.59. The van der Waals surface area contributed by atoms with Crippen molar-refractivity contribution in [3.8, 4) is 0 Å². The molecular weight excluding hydrogens is 381 g/mol. The molecule has 0 bridgehead atoms. The summed E-state index contributed by atoms with van der Waals surface area (Å²) < 4.78 is 13.3. The lowest BCUT2D eigenvalue weighted by molar-refractivity contribution is -0.126. The molecule has 0 aliphatic heterocycles. The van der Waals surface area contributed by atoms with Crippen LogP contribution in [0.4, 0.5) is 4.39 Å². The van der Waals surface area contributed by atoms with Crippen molar-refractivity contribution >= 4 is 34.5 Å². The van der Waals surface area contributed by atoms with E-state index in [1.54, 1.807) is 41.3 Å². The first-order valence-electron chi connectivity index (χ1n) is 8.87. The van der Waals surface area contributed by atoms with E-state index in [2.05, 4.69) is 9.97 Å². The number of amides is 1. The van der Waals surface area contributed by atoms with Gasteiger partial charge >= 0.3 is 0 Å². The maximum absolute atomic E-state index is 13.3. The molecule has 28 heavy (non-hydrogen) atoms. The molecule has 7 heteroatoms. The molecule has 0 spiro atoms. The Labute approximate surface area is 166 Å². The molecule has 1 N–H and O–H groups in total. The van der Waals surface area contributed by atoms with Crippen molar-refractivity contribution in [2.45, 2.75) is 19.9 Å². The van der Waals surface area contributed by atoms with Gasteiger partial charge in [0, 0.05) is 17.6 Å². The van der Waals surface area contributed by atoms with Crippen LogP contribution in [0.5, 0.6) is 0 Å². The average molecular weight is 400 g/mol. The van der Waals surface area contributed by atoms with Crippen molar-refractivity contribution in [2.75, 3.05) is 6.54 Å². The number of aromatic amines is 1. The molecule has 0 saturated heterocycles. The Morgan fingerprint density at radius 2 is 2.11 bits per heavy atom. The van der Waals surface area contributed by atoms with Crippen molar-refractivity contribution in [3.63, 3.8) is 0 Å². The lowest BCUT2D eigenvalue weighted by Gasteiger charge is -2.20. The molecular formula is C21H19ClFN3O2. The maximum atomic E-state index is 13.3. The van der Waals surface area contributed by atoms with Crippen molar-refractivity contribution in [3.05, 3.63) is 81.1 Å². The number of hydrogen-bond acceptors (Lipinski definition) is 3. The van der Waals surface area contributed by atoms with Crippen LogP contribution in [0.3, 0.4) is 0 Å². The van der Waals surface area contributed by atoms with E-state index >= 15 is 0 Å². The molecule has 144 valence electrons. The molecule has 1 aromatic heterocycles. The predicted molar refractivity (Wildman–Crippen MR) is 109 cm³/mol. The van der Waals surface area contributed by atoms with Crippen molar-refractivity contribution in [1.29, 1.82) is 0 Å². The highest BCUT2D eigenvalue weighted by molar-refractivity contribution is 6.31. The Morgan fingerprint density at radius 3 is 2.86 bits per heavy atom. The first-order chi connectivity index (χ1) is 13.5. The number of halogens is 2. The van der Waals surface area contributed by atoms with Gasteiger partial charge in [-0.1, -0.05) is 30.7 Å². The van der Waals surface area contributed by atoms with Gasteiger partial charge in [0.2, 0.25) is 5.91 Å². The van der Waals surface area contributed by atoms with Gasteiger partial charge in [-0.25, -0.2) is 9.37 Å². The highest BCUT2D eigenvalue weighted by Gasteiger charge is 2.13. The molecule has 5 nitrogen and oxygen atoms in total. The molecule has 0 unspecified atom stereocenters. The van der Waals surface area contributed by atoms with Crippen LogP contribution in [-0.2, 0) is 11.3 Å². The second-order valence-electron chi connectivity index (χ2n) is 6.32. The van der Waals surface area contributed by atoms with E-state index in [9.17, 15) is 14.0 Å². The van der Waals surface area contributed by atoms with E-state index in [1.165, 1.54) is 18.2 Å². The number of aromatic nitrogens is 2. The van der Waals surface area contributed by atoms with Crippen LogP contribution in [0.15, 0.2) is 53.3 Å². The highest BCUT2D eigenvalue weighted by atomic mass is 35.5. The molecule has 0 fully saturated rings.